The smallest absolute Gasteiger partial charge is 0.161 e. The van der Waals surface area contributed by atoms with Gasteiger partial charge in [-0.05, 0) is 24.3 Å². The molecule has 1 N–H and O–H groups in total. The first kappa shape index (κ1) is 13.9. The van der Waals surface area contributed by atoms with E-state index < -0.39 is 0 Å². The zero-order valence-electron chi connectivity index (χ0n) is 12.9. The van der Waals surface area contributed by atoms with Gasteiger partial charge in [0.15, 0.2) is 5.82 Å². The molecule has 116 valence electrons. The minimum atomic E-state index is 0.508. The summed E-state index contributed by atoms with van der Waals surface area (Å²) >= 11 is 0. The second-order valence-electron chi connectivity index (χ2n) is 5.66. The molecule has 0 unspecified atom stereocenters. The molecule has 1 aliphatic rings. The molecule has 0 saturated carbocycles. The number of likely N-dealkylation sites (N-methyl/N-ethyl adjacent to an activating group) is 1. The molecule has 4 rings (SSSR count). The van der Waals surface area contributed by atoms with Crippen LogP contribution in [0.5, 0.6) is 0 Å². The van der Waals surface area contributed by atoms with E-state index in [0.29, 0.717) is 6.04 Å². The Morgan fingerprint density at radius 1 is 1.17 bits per heavy atom. The molecular weight excluding hydrogens is 288 g/mol. The van der Waals surface area contributed by atoms with Gasteiger partial charge in [0.2, 0.25) is 0 Å². The van der Waals surface area contributed by atoms with Crippen LogP contribution in [-0.2, 0) is 0 Å². The van der Waals surface area contributed by atoms with Crippen LogP contribution in [0.2, 0.25) is 0 Å². The van der Waals surface area contributed by atoms with E-state index in [2.05, 4.69) is 33.4 Å². The summed E-state index contributed by atoms with van der Waals surface area (Å²) in [5.74, 6) is 1.68. The lowest BCUT2D eigenvalue weighted by Gasteiger charge is -2.36. The monoisotopic (exact) mass is 306 g/mol. The van der Waals surface area contributed by atoms with Crippen molar-refractivity contribution in [3.63, 3.8) is 0 Å². The van der Waals surface area contributed by atoms with Crippen molar-refractivity contribution >= 4 is 5.82 Å². The van der Waals surface area contributed by atoms with Crippen LogP contribution in [0.1, 0.15) is 0 Å². The van der Waals surface area contributed by atoms with Gasteiger partial charge < -0.3 is 10.2 Å². The number of nitrogens with one attached hydrogen (secondary N) is 1. The predicted molar refractivity (Wildman–Crippen MR) is 89.7 cm³/mol. The lowest BCUT2D eigenvalue weighted by atomic mass is 10.1. The van der Waals surface area contributed by atoms with Gasteiger partial charge >= 0.3 is 0 Å². The van der Waals surface area contributed by atoms with Crippen LogP contribution >= 0.6 is 0 Å². The Bertz CT molecular complexity index is 794. The van der Waals surface area contributed by atoms with Gasteiger partial charge in [0, 0.05) is 44.3 Å². The highest BCUT2D eigenvalue weighted by Gasteiger charge is 2.22. The van der Waals surface area contributed by atoms with E-state index >= 15 is 0 Å². The summed E-state index contributed by atoms with van der Waals surface area (Å²) in [7, 11) is 2.08. The number of rotatable bonds is 4. The second-order valence-corrected chi connectivity index (χ2v) is 5.66. The topological polar surface area (TPSA) is 58.9 Å². The number of benzene rings is 1. The summed E-state index contributed by atoms with van der Waals surface area (Å²) in [4.78, 5) is 11.4. The summed E-state index contributed by atoms with van der Waals surface area (Å²) in [6.45, 7) is 2.01. The van der Waals surface area contributed by atoms with Crippen molar-refractivity contribution in [3.05, 3.63) is 55.0 Å². The number of hydrogen-bond acceptors (Lipinski definition) is 5. The minimum Gasteiger partial charge on any atom is -0.354 e. The Morgan fingerprint density at radius 2 is 2.09 bits per heavy atom. The first-order valence-electron chi connectivity index (χ1n) is 7.68. The standard InChI is InChI=1S/C17H18N6/c1-22(15-11-18-12-15)16-6-8-19-17(21-16)13-4-2-5-14(10-13)23-9-3-7-20-23/h2-10,15,18H,11-12H2,1H3. The average molecular weight is 306 g/mol. The molecule has 0 atom stereocenters. The van der Waals surface area contributed by atoms with E-state index in [1.54, 1.807) is 6.20 Å². The van der Waals surface area contributed by atoms with Gasteiger partial charge in [-0.2, -0.15) is 5.10 Å². The van der Waals surface area contributed by atoms with Gasteiger partial charge in [-0.1, -0.05) is 12.1 Å². The Labute approximate surface area is 134 Å². The largest absolute Gasteiger partial charge is 0.354 e. The van der Waals surface area contributed by atoms with E-state index in [-0.39, 0.29) is 0 Å². The molecule has 0 amide bonds. The van der Waals surface area contributed by atoms with Crippen LogP contribution in [0.25, 0.3) is 17.1 Å². The number of nitrogens with zero attached hydrogens (tertiary/aromatic N) is 5. The third kappa shape index (κ3) is 2.68. The third-order valence-corrected chi connectivity index (χ3v) is 4.18. The van der Waals surface area contributed by atoms with Gasteiger partial charge in [0.05, 0.1) is 11.7 Å². The molecule has 3 aromatic rings. The summed E-state index contributed by atoms with van der Waals surface area (Å²) < 4.78 is 1.83. The van der Waals surface area contributed by atoms with Crippen molar-refractivity contribution in [2.24, 2.45) is 0 Å². The van der Waals surface area contributed by atoms with E-state index in [1.165, 1.54) is 0 Å². The van der Waals surface area contributed by atoms with Crippen LogP contribution in [-0.4, -0.2) is 45.9 Å². The van der Waals surface area contributed by atoms with E-state index in [9.17, 15) is 0 Å². The average Bonchev–Trinajstić information content (AvgIpc) is 3.08. The second kappa shape index (κ2) is 5.81. The lowest BCUT2D eigenvalue weighted by Crippen LogP contribution is -2.56. The molecule has 0 bridgehead atoms. The highest BCUT2D eigenvalue weighted by molar-refractivity contribution is 5.60. The van der Waals surface area contributed by atoms with Crippen molar-refractivity contribution in [1.29, 1.82) is 0 Å². The molecule has 0 aliphatic carbocycles. The molecule has 2 aromatic heterocycles. The maximum absolute atomic E-state index is 4.73. The van der Waals surface area contributed by atoms with Crippen LogP contribution in [0.15, 0.2) is 55.0 Å². The summed E-state index contributed by atoms with van der Waals surface area (Å²) in [5.41, 5.74) is 1.98. The Morgan fingerprint density at radius 3 is 2.83 bits per heavy atom. The molecule has 23 heavy (non-hydrogen) atoms. The summed E-state index contributed by atoms with van der Waals surface area (Å²) in [5, 5.41) is 7.56. The van der Waals surface area contributed by atoms with Crippen LogP contribution in [0.3, 0.4) is 0 Å². The van der Waals surface area contributed by atoms with E-state index in [4.69, 9.17) is 4.98 Å². The Kier molecular flexibility index (Phi) is 3.51. The van der Waals surface area contributed by atoms with Crippen molar-refractivity contribution in [1.82, 2.24) is 25.1 Å². The third-order valence-electron chi connectivity index (χ3n) is 4.18. The van der Waals surface area contributed by atoms with Gasteiger partial charge in [-0.25, -0.2) is 14.6 Å². The van der Waals surface area contributed by atoms with Crippen LogP contribution < -0.4 is 10.2 Å². The highest BCUT2D eigenvalue weighted by Crippen LogP contribution is 2.21. The molecule has 1 saturated heterocycles. The van der Waals surface area contributed by atoms with E-state index in [1.807, 2.05) is 47.4 Å². The van der Waals surface area contributed by atoms with E-state index in [0.717, 1.165) is 36.0 Å². The highest BCUT2D eigenvalue weighted by atomic mass is 15.3. The first-order valence-corrected chi connectivity index (χ1v) is 7.68. The fraction of sp³-hybridized carbons (Fsp3) is 0.235. The lowest BCUT2D eigenvalue weighted by molar-refractivity contribution is 0.426. The molecule has 6 heteroatoms. The molecular formula is C17H18N6. The normalized spacial score (nSPS) is 14.5. The molecule has 6 nitrogen and oxygen atoms in total. The van der Waals surface area contributed by atoms with Crippen LogP contribution in [0.4, 0.5) is 5.82 Å². The van der Waals surface area contributed by atoms with Gasteiger partial charge in [0.1, 0.15) is 5.82 Å². The van der Waals surface area contributed by atoms with Crippen molar-refractivity contribution in [2.75, 3.05) is 25.0 Å². The summed E-state index contributed by atoms with van der Waals surface area (Å²) in [6.07, 6.45) is 5.51. The van der Waals surface area contributed by atoms with Gasteiger partial charge in [0.25, 0.3) is 0 Å². The van der Waals surface area contributed by atoms with Gasteiger partial charge in [-0.15, -0.1) is 0 Å². The first-order chi connectivity index (χ1) is 11.3. The predicted octanol–water partition coefficient (Wildman–Crippen LogP) is 1.74. The van der Waals surface area contributed by atoms with Crippen LogP contribution in [0, 0.1) is 0 Å². The fourth-order valence-electron chi connectivity index (χ4n) is 2.63. The maximum atomic E-state index is 4.73. The van der Waals surface area contributed by atoms with Gasteiger partial charge in [-0.3, -0.25) is 0 Å². The molecule has 3 heterocycles. The number of hydrogen-bond donors (Lipinski definition) is 1. The van der Waals surface area contributed by atoms with Crippen molar-refractivity contribution in [3.8, 4) is 17.1 Å². The number of aromatic nitrogens is 4. The Balaban J connectivity index is 1.66. The zero-order valence-corrected chi connectivity index (χ0v) is 12.9. The fourth-order valence-corrected chi connectivity index (χ4v) is 2.63. The zero-order chi connectivity index (χ0) is 15.6. The molecule has 0 radical (unpaired) electrons. The quantitative estimate of drug-likeness (QED) is 0.795. The van der Waals surface area contributed by atoms with Crippen molar-refractivity contribution in [2.45, 2.75) is 6.04 Å². The van der Waals surface area contributed by atoms with Crippen molar-refractivity contribution < 1.29 is 0 Å². The number of anilines is 1. The molecule has 1 fully saturated rings. The molecule has 1 aromatic carbocycles. The minimum absolute atomic E-state index is 0.508. The maximum Gasteiger partial charge on any atom is 0.161 e. The Hall–Kier alpha value is -2.73. The summed E-state index contributed by atoms with van der Waals surface area (Å²) in [6, 6.07) is 12.5. The molecule has 1 aliphatic heterocycles. The SMILES string of the molecule is CN(c1ccnc(-c2cccc(-n3cccn3)c2)n1)C1CNC1. The molecule has 0 spiro atoms.